The number of esters is 1. The summed E-state index contributed by atoms with van der Waals surface area (Å²) in [5, 5.41) is 0. The van der Waals surface area contributed by atoms with Gasteiger partial charge in [-0.05, 0) is 31.6 Å². The van der Waals surface area contributed by atoms with Crippen molar-refractivity contribution in [1.82, 2.24) is 0 Å². The Hall–Kier alpha value is -2.55. The second-order valence-corrected chi connectivity index (χ2v) is 5.57. The maximum Gasteiger partial charge on any atom is 0.337 e. The van der Waals surface area contributed by atoms with Crippen LogP contribution in [0.25, 0.3) is 6.08 Å². The van der Waals surface area contributed by atoms with Gasteiger partial charge in [0.25, 0.3) is 0 Å². The van der Waals surface area contributed by atoms with E-state index in [1.165, 1.54) is 11.1 Å². The number of hydrogen-bond acceptors (Lipinski definition) is 3. The van der Waals surface area contributed by atoms with Gasteiger partial charge in [-0.3, -0.25) is 0 Å². The maximum absolute atomic E-state index is 12.2. The average molecular weight is 294 g/mol. The number of hydrogen-bond donors (Lipinski definition) is 0. The summed E-state index contributed by atoms with van der Waals surface area (Å²) in [6.45, 7) is 4.60. The number of fused-ring (bicyclic) bond motifs is 1. The molecule has 0 saturated carbocycles. The number of aryl methyl sites for hydroxylation is 2. The largest absolute Gasteiger partial charge is 0.488 e. The Morgan fingerprint density at radius 3 is 2.64 bits per heavy atom. The number of rotatable bonds is 3. The fourth-order valence-electron chi connectivity index (χ4n) is 2.63. The van der Waals surface area contributed by atoms with E-state index in [0.717, 1.165) is 16.9 Å². The molecule has 0 aromatic heterocycles. The van der Waals surface area contributed by atoms with Gasteiger partial charge in [0.2, 0.25) is 0 Å². The van der Waals surface area contributed by atoms with Crippen molar-refractivity contribution in [2.75, 3.05) is 6.61 Å². The van der Waals surface area contributed by atoms with Crippen molar-refractivity contribution in [2.45, 2.75) is 20.5 Å². The van der Waals surface area contributed by atoms with Gasteiger partial charge in [0.05, 0.1) is 5.57 Å². The van der Waals surface area contributed by atoms with Crippen LogP contribution in [-0.4, -0.2) is 12.6 Å². The number of benzene rings is 2. The minimum Gasteiger partial charge on any atom is -0.488 e. The topological polar surface area (TPSA) is 35.5 Å². The molecule has 0 unspecified atom stereocenters. The summed E-state index contributed by atoms with van der Waals surface area (Å²) in [5.74, 6) is 0.474. The maximum atomic E-state index is 12.2. The molecule has 1 heterocycles. The molecule has 0 N–H and O–H groups in total. The standard InChI is InChI=1S/C19H18O3/c1-13-7-14(2)9-15(8-13)11-22-19(20)17-10-16-5-3-4-6-18(16)21-12-17/h3-10H,11-12H2,1-2H3. The molecule has 1 aliphatic heterocycles. The zero-order valence-electron chi connectivity index (χ0n) is 12.8. The minimum atomic E-state index is -0.325. The highest BCUT2D eigenvalue weighted by molar-refractivity contribution is 5.95. The molecule has 22 heavy (non-hydrogen) atoms. The van der Waals surface area contributed by atoms with Crippen LogP contribution in [-0.2, 0) is 16.1 Å². The second kappa shape index (κ2) is 6.06. The SMILES string of the molecule is Cc1cc(C)cc(COC(=O)C2=Cc3ccccc3OC2)c1. The Kier molecular flexibility index (Phi) is 3.96. The molecule has 3 nitrogen and oxygen atoms in total. The third kappa shape index (κ3) is 3.19. The van der Waals surface area contributed by atoms with Crippen molar-refractivity contribution in [1.29, 1.82) is 0 Å². The van der Waals surface area contributed by atoms with Crippen LogP contribution in [0, 0.1) is 13.8 Å². The second-order valence-electron chi connectivity index (χ2n) is 5.57. The third-order valence-electron chi connectivity index (χ3n) is 3.55. The van der Waals surface area contributed by atoms with E-state index >= 15 is 0 Å². The highest BCUT2D eigenvalue weighted by atomic mass is 16.5. The van der Waals surface area contributed by atoms with Crippen LogP contribution in [0.2, 0.25) is 0 Å². The molecule has 0 bridgehead atoms. The first-order chi connectivity index (χ1) is 10.6. The van der Waals surface area contributed by atoms with Crippen molar-refractivity contribution in [3.8, 4) is 5.75 Å². The Morgan fingerprint density at radius 1 is 1.14 bits per heavy atom. The summed E-state index contributed by atoms with van der Waals surface area (Å²) in [6, 6.07) is 13.8. The van der Waals surface area contributed by atoms with Crippen LogP contribution in [0.3, 0.4) is 0 Å². The van der Waals surface area contributed by atoms with Gasteiger partial charge in [0.15, 0.2) is 0 Å². The van der Waals surface area contributed by atoms with Gasteiger partial charge >= 0.3 is 5.97 Å². The third-order valence-corrected chi connectivity index (χ3v) is 3.55. The van der Waals surface area contributed by atoms with Crippen molar-refractivity contribution in [2.24, 2.45) is 0 Å². The zero-order chi connectivity index (χ0) is 15.5. The summed E-state index contributed by atoms with van der Waals surface area (Å²) < 4.78 is 11.0. The first-order valence-electron chi connectivity index (χ1n) is 7.28. The molecule has 0 aliphatic carbocycles. The van der Waals surface area contributed by atoms with Gasteiger partial charge in [-0.25, -0.2) is 4.79 Å². The van der Waals surface area contributed by atoms with Crippen LogP contribution in [0.15, 0.2) is 48.0 Å². The van der Waals surface area contributed by atoms with Crippen LogP contribution < -0.4 is 4.74 Å². The quantitative estimate of drug-likeness (QED) is 0.807. The summed E-state index contributed by atoms with van der Waals surface area (Å²) in [4.78, 5) is 12.2. The molecule has 112 valence electrons. The Balaban J connectivity index is 1.69. The number of carbonyl (C=O) groups excluding carboxylic acids is 1. The number of carbonyl (C=O) groups is 1. The number of ether oxygens (including phenoxy) is 2. The summed E-state index contributed by atoms with van der Waals surface area (Å²) in [7, 11) is 0. The van der Waals surface area contributed by atoms with Crippen LogP contribution in [0.4, 0.5) is 0 Å². The molecule has 2 aromatic rings. The molecule has 2 aromatic carbocycles. The lowest BCUT2D eigenvalue weighted by atomic mass is 10.1. The van der Waals surface area contributed by atoms with Crippen molar-refractivity contribution in [3.05, 3.63) is 70.3 Å². The molecule has 0 atom stereocenters. The number of para-hydroxylation sites is 1. The lowest BCUT2D eigenvalue weighted by Crippen LogP contribution is -2.17. The van der Waals surface area contributed by atoms with E-state index in [1.54, 1.807) is 0 Å². The molecular formula is C19H18O3. The molecular weight excluding hydrogens is 276 g/mol. The van der Waals surface area contributed by atoms with Gasteiger partial charge in [0, 0.05) is 5.56 Å². The average Bonchev–Trinajstić information content (AvgIpc) is 2.51. The van der Waals surface area contributed by atoms with Crippen LogP contribution in [0.1, 0.15) is 22.3 Å². The normalized spacial score (nSPS) is 12.9. The van der Waals surface area contributed by atoms with Crippen molar-refractivity contribution >= 4 is 12.0 Å². The van der Waals surface area contributed by atoms with E-state index < -0.39 is 0 Å². The first kappa shape index (κ1) is 14.4. The highest BCUT2D eigenvalue weighted by Crippen LogP contribution is 2.26. The molecule has 1 aliphatic rings. The van der Waals surface area contributed by atoms with Crippen LogP contribution >= 0.6 is 0 Å². The van der Waals surface area contributed by atoms with Crippen LogP contribution in [0.5, 0.6) is 5.75 Å². The molecule has 0 saturated heterocycles. The molecule has 3 rings (SSSR count). The predicted molar refractivity (Wildman–Crippen MR) is 85.6 cm³/mol. The van der Waals surface area contributed by atoms with Crippen molar-refractivity contribution < 1.29 is 14.3 Å². The lowest BCUT2D eigenvalue weighted by molar-refractivity contribution is -0.140. The van der Waals surface area contributed by atoms with Gasteiger partial charge < -0.3 is 9.47 Å². The predicted octanol–water partition coefficient (Wildman–Crippen LogP) is 3.82. The smallest absolute Gasteiger partial charge is 0.337 e. The fourth-order valence-corrected chi connectivity index (χ4v) is 2.63. The Bertz CT molecular complexity index is 724. The summed E-state index contributed by atoms with van der Waals surface area (Å²) >= 11 is 0. The van der Waals surface area contributed by atoms with Gasteiger partial charge in [-0.15, -0.1) is 0 Å². The molecule has 3 heteroatoms. The summed E-state index contributed by atoms with van der Waals surface area (Å²) in [6.07, 6.45) is 1.84. The van der Waals surface area contributed by atoms with Gasteiger partial charge in [-0.1, -0.05) is 47.5 Å². The monoisotopic (exact) mass is 294 g/mol. The van der Waals surface area contributed by atoms with E-state index in [9.17, 15) is 4.79 Å². The molecule has 0 spiro atoms. The van der Waals surface area contributed by atoms with Gasteiger partial charge in [0.1, 0.15) is 19.0 Å². The molecule has 0 fully saturated rings. The van der Waals surface area contributed by atoms with E-state index in [1.807, 2.05) is 56.3 Å². The van der Waals surface area contributed by atoms with E-state index in [4.69, 9.17) is 9.47 Å². The van der Waals surface area contributed by atoms with Crippen molar-refractivity contribution in [3.63, 3.8) is 0 Å². The Labute approximate surface area is 130 Å². The highest BCUT2D eigenvalue weighted by Gasteiger charge is 2.18. The Morgan fingerprint density at radius 2 is 1.86 bits per heavy atom. The zero-order valence-corrected chi connectivity index (χ0v) is 12.8. The summed E-state index contributed by atoms with van der Waals surface area (Å²) in [5.41, 5.74) is 4.79. The van der Waals surface area contributed by atoms with E-state index in [0.29, 0.717) is 5.57 Å². The lowest BCUT2D eigenvalue weighted by Gasteiger charge is -2.17. The van der Waals surface area contributed by atoms with E-state index in [2.05, 4.69) is 6.07 Å². The fraction of sp³-hybridized carbons (Fsp3) is 0.211. The van der Waals surface area contributed by atoms with E-state index in [-0.39, 0.29) is 19.2 Å². The molecule has 0 amide bonds. The molecule has 0 radical (unpaired) electrons. The van der Waals surface area contributed by atoms with Gasteiger partial charge in [-0.2, -0.15) is 0 Å². The minimum absolute atomic E-state index is 0.253. The first-order valence-corrected chi connectivity index (χ1v) is 7.28.